The number of anilines is 1. The van der Waals surface area contributed by atoms with Crippen molar-refractivity contribution in [1.82, 2.24) is 4.98 Å². The number of hydrogen-bond donors (Lipinski definition) is 3. The third kappa shape index (κ3) is 4.96. The van der Waals surface area contributed by atoms with E-state index in [4.69, 9.17) is 4.74 Å². The van der Waals surface area contributed by atoms with E-state index in [-0.39, 0.29) is 17.3 Å². The van der Waals surface area contributed by atoms with Gasteiger partial charge in [0.2, 0.25) is 18.2 Å². The zero-order valence-corrected chi connectivity index (χ0v) is 17.3. The standard InChI is InChI=1S/C23H27N3O3/c1-23(2,3)25-21-20(17-8-6-5-7-9-17)26(15-24-21)19(22(28)29-4)14-16-10-12-18(27)13-11-16/h5-13,15,19,25,27H,14H2,1-4H3/p+1/t19-/m0/s1. The number of aromatic hydroxyl groups is 1. The van der Waals surface area contributed by atoms with Gasteiger partial charge in [-0.05, 0) is 38.5 Å². The Morgan fingerprint density at radius 3 is 2.38 bits per heavy atom. The first-order valence-corrected chi connectivity index (χ1v) is 9.60. The molecule has 0 aliphatic heterocycles. The number of carbonyl (C=O) groups excluding carboxylic acids is 1. The number of nitrogens with zero attached hydrogens (tertiary/aromatic N) is 1. The van der Waals surface area contributed by atoms with E-state index in [0.717, 1.165) is 22.6 Å². The number of aromatic amines is 1. The van der Waals surface area contributed by atoms with Crippen molar-refractivity contribution in [3.05, 3.63) is 66.5 Å². The highest BCUT2D eigenvalue weighted by molar-refractivity contribution is 5.74. The number of benzene rings is 2. The Hall–Kier alpha value is -3.28. The molecule has 0 unspecified atom stereocenters. The Bertz CT molecular complexity index is 957. The first-order chi connectivity index (χ1) is 13.8. The summed E-state index contributed by atoms with van der Waals surface area (Å²) in [4.78, 5) is 16.0. The van der Waals surface area contributed by atoms with E-state index in [1.807, 2.05) is 47.0 Å². The second-order valence-corrected chi connectivity index (χ2v) is 8.05. The lowest BCUT2D eigenvalue weighted by molar-refractivity contribution is -0.699. The van der Waals surface area contributed by atoms with Gasteiger partial charge < -0.3 is 15.2 Å². The Kier molecular flexibility index (Phi) is 5.92. The summed E-state index contributed by atoms with van der Waals surface area (Å²) in [5.74, 6) is 0.698. The van der Waals surface area contributed by atoms with Gasteiger partial charge in [0.25, 0.3) is 0 Å². The monoisotopic (exact) mass is 394 g/mol. The van der Waals surface area contributed by atoms with E-state index in [2.05, 4.69) is 31.1 Å². The molecule has 1 heterocycles. The molecule has 0 bridgehead atoms. The number of phenolic OH excluding ortho intramolecular Hbond substituents is 1. The number of hydrogen-bond acceptors (Lipinski definition) is 4. The van der Waals surface area contributed by atoms with Gasteiger partial charge in [0.05, 0.1) is 7.11 Å². The van der Waals surface area contributed by atoms with Crippen LogP contribution in [0.15, 0.2) is 60.9 Å². The Morgan fingerprint density at radius 1 is 1.14 bits per heavy atom. The van der Waals surface area contributed by atoms with Crippen LogP contribution in [0.2, 0.25) is 0 Å². The number of esters is 1. The highest BCUT2D eigenvalue weighted by atomic mass is 16.5. The molecule has 0 saturated heterocycles. The van der Waals surface area contributed by atoms with E-state index in [0.29, 0.717) is 6.42 Å². The molecular weight excluding hydrogens is 366 g/mol. The summed E-state index contributed by atoms with van der Waals surface area (Å²) in [6, 6.07) is 16.3. The van der Waals surface area contributed by atoms with Crippen LogP contribution in [0.1, 0.15) is 32.4 Å². The van der Waals surface area contributed by atoms with Gasteiger partial charge in [-0.15, -0.1) is 0 Å². The predicted molar refractivity (Wildman–Crippen MR) is 113 cm³/mol. The van der Waals surface area contributed by atoms with E-state index < -0.39 is 6.04 Å². The molecule has 0 amide bonds. The van der Waals surface area contributed by atoms with Crippen LogP contribution in [-0.2, 0) is 16.0 Å². The van der Waals surface area contributed by atoms with Crippen molar-refractivity contribution in [1.29, 1.82) is 0 Å². The molecular formula is C23H28N3O3+. The molecule has 3 rings (SSSR count). The number of nitrogens with one attached hydrogen (secondary N) is 2. The van der Waals surface area contributed by atoms with Crippen molar-refractivity contribution in [2.45, 2.75) is 38.8 Å². The second kappa shape index (κ2) is 8.39. The zero-order valence-electron chi connectivity index (χ0n) is 17.3. The number of H-pyrrole nitrogens is 1. The molecule has 0 fully saturated rings. The van der Waals surface area contributed by atoms with Crippen LogP contribution in [0.5, 0.6) is 5.75 Å². The molecule has 29 heavy (non-hydrogen) atoms. The Balaban J connectivity index is 2.09. The number of phenols is 1. The van der Waals surface area contributed by atoms with Crippen LogP contribution in [0.25, 0.3) is 11.3 Å². The number of carbonyl (C=O) groups is 1. The zero-order chi connectivity index (χ0) is 21.0. The fourth-order valence-electron chi connectivity index (χ4n) is 3.29. The van der Waals surface area contributed by atoms with E-state index in [9.17, 15) is 9.90 Å². The van der Waals surface area contributed by atoms with Gasteiger partial charge in [0, 0.05) is 17.5 Å². The van der Waals surface area contributed by atoms with Crippen LogP contribution in [0.3, 0.4) is 0 Å². The van der Waals surface area contributed by atoms with Gasteiger partial charge in [-0.2, -0.15) is 0 Å². The third-order valence-electron chi connectivity index (χ3n) is 4.56. The first-order valence-electron chi connectivity index (χ1n) is 9.60. The second-order valence-electron chi connectivity index (χ2n) is 8.05. The number of aromatic nitrogens is 2. The van der Waals surface area contributed by atoms with Crippen LogP contribution >= 0.6 is 0 Å². The molecule has 3 N–H and O–H groups in total. The van der Waals surface area contributed by atoms with Crippen LogP contribution in [0.4, 0.5) is 5.82 Å². The minimum atomic E-state index is -0.563. The van der Waals surface area contributed by atoms with E-state index in [1.165, 1.54) is 7.11 Å². The van der Waals surface area contributed by atoms with Crippen LogP contribution < -0.4 is 9.88 Å². The first kappa shape index (κ1) is 20.5. The van der Waals surface area contributed by atoms with E-state index in [1.54, 1.807) is 18.5 Å². The van der Waals surface area contributed by atoms with Gasteiger partial charge >= 0.3 is 5.97 Å². The summed E-state index contributed by atoms with van der Waals surface area (Å²) in [5, 5.41) is 13.0. The fraction of sp³-hybridized carbons (Fsp3) is 0.304. The highest BCUT2D eigenvalue weighted by Gasteiger charge is 2.33. The summed E-state index contributed by atoms with van der Waals surface area (Å²) >= 11 is 0. The number of methoxy groups -OCH3 is 1. The van der Waals surface area contributed by atoms with Gasteiger partial charge in [-0.1, -0.05) is 42.5 Å². The van der Waals surface area contributed by atoms with Crippen molar-refractivity contribution in [3.63, 3.8) is 0 Å². The summed E-state index contributed by atoms with van der Waals surface area (Å²) in [5.41, 5.74) is 2.63. The smallest absolute Gasteiger partial charge is 0.351 e. The molecule has 0 saturated carbocycles. The predicted octanol–water partition coefficient (Wildman–Crippen LogP) is 3.84. The maximum absolute atomic E-state index is 12.7. The SMILES string of the molecule is COC(=O)[C@H](Cc1ccc(O)cc1)[n+]1c[nH]c(NC(C)(C)C)c1-c1ccccc1. The summed E-state index contributed by atoms with van der Waals surface area (Å²) < 4.78 is 7.04. The minimum absolute atomic E-state index is 0.163. The van der Waals surface area contributed by atoms with Gasteiger partial charge in [0.15, 0.2) is 5.69 Å². The Labute approximate surface area is 171 Å². The topological polar surface area (TPSA) is 78.2 Å². The molecule has 1 aromatic heterocycles. The molecule has 3 aromatic rings. The van der Waals surface area contributed by atoms with Gasteiger partial charge in [0.1, 0.15) is 5.75 Å². The fourth-order valence-corrected chi connectivity index (χ4v) is 3.29. The van der Waals surface area contributed by atoms with Gasteiger partial charge in [-0.3, -0.25) is 0 Å². The lowest BCUT2D eigenvalue weighted by Gasteiger charge is -2.20. The van der Waals surface area contributed by atoms with Crippen molar-refractivity contribution in [2.24, 2.45) is 0 Å². The molecule has 6 heteroatoms. The third-order valence-corrected chi connectivity index (χ3v) is 4.56. The van der Waals surface area contributed by atoms with Crippen molar-refractivity contribution in [3.8, 4) is 17.0 Å². The van der Waals surface area contributed by atoms with Crippen LogP contribution in [0, 0.1) is 0 Å². The molecule has 1 atom stereocenters. The number of rotatable bonds is 6. The maximum atomic E-state index is 12.7. The molecule has 6 nitrogen and oxygen atoms in total. The molecule has 2 aromatic carbocycles. The summed E-state index contributed by atoms with van der Waals surface area (Å²) in [7, 11) is 1.40. The van der Waals surface area contributed by atoms with Crippen molar-refractivity contribution in [2.75, 3.05) is 12.4 Å². The average molecular weight is 394 g/mol. The molecule has 0 radical (unpaired) electrons. The molecule has 152 valence electrons. The minimum Gasteiger partial charge on any atom is -0.508 e. The van der Waals surface area contributed by atoms with Crippen LogP contribution in [-0.4, -0.2) is 28.7 Å². The maximum Gasteiger partial charge on any atom is 0.351 e. The summed E-state index contributed by atoms with van der Waals surface area (Å²) in [6.45, 7) is 6.25. The molecule has 0 aliphatic rings. The lowest BCUT2D eigenvalue weighted by atomic mass is 10.0. The van der Waals surface area contributed by atoms with Gasteiger partial charge in [-0.25, -0.2) is 14.3 Å². The van der Waals surface area contributed by atoms with Crippen molar-refractivity contribution < 1.29 is 19.2 Å². The highest BCUT2D eigenvalue weighted by Crippen LogP contribution is 2.27. The lowest BCUT2D eigenvalue weighted by Crippen LogP contribution is -2.46. The number of ether oxygens (including phenoxy) is 1. The largest absolute Gasteiger partial charge is 0.508 e. The summed E-state index contributed by atoms with van der Waals surface area (Å²) in [6.07, 6.45) is 2.24. The van der Waals surface area contributed by atoms with E-state index >= 15 is 0 Å². The normalized spacial score (nSPS) is 12.4. The molecule has 0 spiro atoms. The molecule has 0 aliphatic carbocycles. The quantitative estimate of drug-likeness (QED) is 0.438. The number of imidazole rings is 1. The Morgan fingerprint density at radius 2 is 1.79 bits per heavy atom. The van der Waals surface area contributed by atoms with Crippen molar-refractivity contribution >= 4 is 11.8 Å². The average Bonchev–Trinajstić information content (AvgIpc) is 3.09.